The molecule has 2 aromatic rings. The van der Waals surface area contributed by atoms with Crippen molar-refractivity contribution in [3.63, 3.8) is 0 Å². The molecule has 1 aromatic heterocycles. The molecule has 0 spiro atoms. The number of hydrogen-bond donors (Lipinski definition) is 1. The number of benzene rings is 1. The van der Waals surface area contributed by atoms with Crippen LogP contribution in [0.25, 0.3) is 0 Å². The van der Waals surface area contributed by atoms with Gasteiger partial charge in [0, 0.05) is 31.9 Å². The molecule has 0 saturated carbocycles. The molecule has 104 valence electrons. The van der Waals surface area contributed by atoms with Crippen molar-refractivity contribution in [3.05, 3.63) is 42.2 Å². The van der Waals surface area contributed by atoms with Crippen molar-refractivity contribution in [2.45, 2.75) is 19.5 Å². The lowest BCUT2D eigenvalue weighted by molar-refractivity contribution is -0.121. The van der Waals surface area contributed by atoms with Gasteiger partial charge in [-0.2, -0.15) is 5.10 Å². The quantitative estimate of drug-likeness (QED) is 0.892. The van der Waals surface area contributed by atoms with Gasteiger partial charge in [0.15, 0.2) is 11.5 Å². The highest BCUT2D eigenvalue weighted by Crippen LogP contribution is 2.32. The Hall–Kier alpha value is -2.50. The molecule has 1 aliphatic heterocycles. The maximum absolute atomic E-state index is 11.7. The van der Waals surface area contributed by atoms with Gasteiger partial charge in [0.2, 0.25) is 12.7 Å². The number of amides is 1. The van der Waals surface area contributed by atoms with Crippen LogP contribution in [0.5, 0.6) is 11.5 Å². The molecule has 0 saturated heterocycles. The Morgan fingerprint density at radius 1 is 1.35 bits per heavy atom. The lowest BCUT2D eigenvalue weighted by Gasteiger charge is -2.06. The fourth-order valence-corrected chi connectivity index (χ4v) is 1.99. The predicted molar refractivity (Wildman–Crippen MR) is 71.3 cm³/mol. The first-order valence-corrected chi connectivity index (χ1v) is 6.44. The fourth-order valence-electron chi connectivity index (χ4n) is 1.99. The maximum Gasteiger partial charge on any atom is 0.231 e. The maximum atomic E-state index is 11.7. The molecular formula is C14H15N3O3. The molecule has 6 nitrogen and oxygen atoms in total. The first kappa shape index (κ1) is 12.5. The van der Waals surface area contributed by atoms with Crippen molar-refractivity contribution >= 4 is 5.91 Å². The monoisotopic (exact) mass is 273 g/mol. The molecule has 2 heterocycles. The summed E-state index contributed by atoms with van der Waals surface area (Å²) in [5, 5.41) is 6.93. The summed E-state index contributed by atoms with van der Waals surface area (Å²) in [6.45, 7) is 1.32. The van der Waals surface area contributed by atoms with Gasteiger partial charge in [0.25, 0.3) is 0 Å². The topological polar surface area (TPSA) is 65.4 Å². The smallest absolute Gasteiger partial charge is 0.231 e. The molecule has 1 N–H and O–H groups in total. The van der Waals surface area contributed by atoms with Crippen molar-refractivity contribution in [1.29, 1.82) is 0 Å². The third-order valence-corrected chi connectivity index (χ3v) is 3.05. The van der Waals surface area contributed by atoms with Crippen LogP contribution in [0.3, 0.4) is 0 Å². The summed E-state index contributed by atoms with van der Waals surface area (Å²) in [4.78, 5) is 11.7. The SMILES string of the molecule is O=C(CCn1cccn1)NCc1ccc2c(c1)OCO2. The van der Waals surface area contributed by atoms with Gasteiger partial charge < -0.3 is 14.8 Å². The average molecular weight is 273 g/mol. The van der Waals surface area contributed by atoms with Crippen LogP contribution in [0, 0.1) is 0 Å². The van der Waals surface area contributed by atoms with E-state index in [0.29, 0.717) is 19.5 Å². The molecular weight excluding hydrogens is 258 g/mol. The van der Waals surface area contributed by atoms with Crippen LogP contribution in [0.2, 0.25) is 0 Å². The summed E-state index contributed by atoms with van der Waals surface area (Å²) < 4.78 is 12.3. The van der Waals surface area contributed by atoms with Crippen molar-refractivity contribution in [3.8, 4) is 11.5 Å². The summed E-state index contributed by atoms with van der Waals surface area (Å²) >= 11 is 0. The van der Waals surface area contributed by atoms with E-state index in [1.807, 2.05) is 30.5 Å². The molecule has 0 atom stereocenters. The van der Waals surface area contributed by atoms with E-state index < -0.39 is 0 Å². The minimum Gasteiger partial charge on any atom is -0.454 e. The highest BCUT2D eigenvalue weighted by atomic mass is 16.7. The van der Waals surface area contributed by atoms with Crippen molar-refractivity contribution in [1.82, 2.24) is 15.1 Å². The first-order valence-electron chi connectivity index (χ1n) is 6.44. The minimum atomic E-state index is -0.00170. The number of carbonyl (C=O) groups is 1. The molecule has 1 aromatic carbocycles. The molecule has 0 aliphatic carbocycles. The largest absolute Gasteiger partial charge is 0.454 e. The summed E-state index contributed by atoms with van der Waals surface area (Å²) in [5.41, 5.74) is 0.988. The summed E-state index contributed by atoms with van der Waals surface area (Å²) in [7, 11) is 0. The number of ether oxygens (including phenoxy) is 2. The van der Waals surface area contributed by atoms with Gasteiger partial charge in [-0.15, -0.1) is 0 Å². The third kappa shape index (κ3) is 2.90. The van der Waals surface area contributed by atoms with E-state index >= 15 is 0 Å². The number of fused-ring (bicyclic) bond motifs is 1. The molecule has 0 radical (unpaired) electrons. The molecule has 1 amide bonds. The molecule has 6 heteroatoms. The van der Waals surface area contributed by atoms with Gasteiger partial charge >= 0.3 is 0 Å². The first-order chi connectivity index (χ1) is 9.81. The standard InChI is InChI=1S/C14H15N3O3/c18-14(4-7-17-6-1-5-16-17)15-9-11-2-3-12-13(8-11)20-10-19-12/h1-3,5-6,8H,4,7,9-10H2,(H,15,18). The third-order valence-electron chi connectivity index (χ3n) is 3.05. The number of hydrogen-bond acceptors (Lipinski definition) is 4. The Morgan fingerprint density at radius 2 is 2.25 bits per heavy atom. The second-order valence-electron chi connectivity index (χ2n) is 4.48. The van der Waals surface area contributed by atoms with Crippen LogP contribution in [0.4, 0.5) is 0 Å². The minimum absolute atomic E-state index is 0.00170. The van der Waals surface area contributed by atoms with Gasteiger partial charge in [-0.3, -0.25) is 9.48 Å². The summed E-state index contributed by atoms with van der Waals surface area (Å²) in [6, 6.07) is 7.50. The second-order valence-corrected chi connectivity index (χ2v) is 4.48. The Bertz CT molecular complexity index is 596. The Balaban J connectivity index is 1.48. The van der Waals surface area contributed by atoms with Crippen molar-refractivity contribution < 1.29 is 14.3 Å². The average Bonchev–Trinajstić information content (AvgIpc) is 3.13. The van der Waals surface area contributed by atoms with E-state index in [4.69, 9.17) is 9.47 Å². The number of rotatable bonds is 5. The van der Waals surface area contributed by atoms with Crippen LogP contribution < -0.4 is 14.8 Å². The van der Waals surface area contributed by atoms with Gasteiger partial charge in [0.05, 0.1) is 0 Å². The van der Waals surface area contributed by atoms with E-state index in [0.717, 1.165) is 17.1 Å². The molecule has 0 unspecified atom stereocenters. The van der Waals surface area contributed by atoms with Crippen molar-refractivity contribution in [2.24, 2.45) is 0 Å². The second kappa shape index (κ2) is 5.64. The van der Waals surface area contributed by atoms with Crippen molar-refractivity contribution in [2.75, 3.05) is 6.79 Å². The van der Waals surface area contributed by atoms with Crippen LogP contribution in [0.15, 0.2) is 36.7 Å². The summed E-state index contributed by atoms with van der Waals surface area (Å²) in [5.74, 6) is 1.48. The Labute approximate surface area is 116 Å². The van der Waals surface area contributed by atoms with Gasteiger partial charge in [-0.05, 0) is 23.8 Å². The molecule has 0 fully saturated rings. The van der Waals surface area contributed by atoms with Crippen LogP contribution >= 0.6 is 0 Å². The number of aryl methyl sites for hydroxylation is 1. The lowest BCUT2D eigenvalue weighted by Crippen LogP contribution is -2.24. The van der Waals surface area contributed by atoms with E-state index in [1.165, 1.54) is 0 Å². The zero-order valence-corrected chi connectivity index (χ0v) is 10.9. The van der Waals surface area contributed by atoms with Gasteiger partial charge in [-0.1, -0.05) is 6.07 Å². The summed E-state index contributed by atoms with van der Waals surface area (Å²) in [6.07, 6.45) is 3.95. The number of nitrogens with one attached hydrogen (secondary N) is 1. The number of nitrogens with zero attached hydrogens (tertiary/aromatic N) is 2. The normalized spacial score (nSPS) is 12.4. The fraction of sp³-hybridized carbons (Fsp3) is 0.286. The van der Waals surface area contributed by atoms with E-state index in [2.05, 4.69) is 10.4 Å². The molecule has 3 rings (SSSR count). The molecule has 1 aliphatic rings. The van der Waals surface area contributed by atoms with E-state index in [9.17, 15) is 4.79 Å². The highest BCUT2D eigenvalue weighted by Gasteiger charge is 2.13. The zero-order valence-electron chi connectivity index (χ0n) is 10.9. The number of aromatic nitrogens is 2. The molecule has 0 bridgehead atoms. The van der Waals surface area contributed by atoms with Gasteiger partial charge in [0.1, 0.15) is 0 Å². The highest BCUT2D eigenvalue weighted by molar-refractivity contribution is 5.75. The Kier molecular flexibility index (Phi) is 3.54. The Morgan fingerprint density at radius 3 is 3.10 bits per heavy atom. The van der Waals surface area contributed by atoms with Gasteiger partial charge in [-0.25, -0.2) is 0 Å². The number of carbonyl (C=O) groups excluding carboxylic acids is 1. The predicted octanol–water partition coefficient (Wildman–Crippen LogP) is 1.32. The van der Waals surface area contributed by atoms with Crippen LogP contribution in [-0.2, 0) is 17.9 Å². The van der Waals surface area contributed by atoms with E-state index in [1.54, 1.807) is 10.9 Å². The molecule has 20 heavy (non-hydrogen) atoms. The van der Waals surface area contributed by atoms with Crippen LogP contribution in [-0.4, -0.2) is 22.5 Å². The van der Waals surface area contributed by atoms with E-state index in [-0.39, 0.29) is 12.7 Å². The lowest BCUT2D eigenvalue weighted by atomic mass is 10.2. The van der Waals surface area contributed by atoms with Crippen LogP contribution in [0.1, 0.15) is 12.0 Å². The zero-order chi connectivity index (χ0) is 13.8.